The molecule has 2 unspecified atom stereocenters. The van der Waals surface area contributed by atoms with Gasteiger partial charge in [0, 0.05) is 11.8 Å². The highest BCUT2D eigenvalue weighted by atomic mass is 32.2. The van der Waals surface area contributed by atoms with Gasteiger partial charge in [0.15, 0.2) is 0 Å². The quantitative estimate of drug-likeness (QED) is 0.822. The molecule has 6 heteroatoms. The Labute approximate surface area is 124 Å². The summed E-state index contributed by atoms with van der Waals surface area (Å²) >= 11 is 1.52. The van der Waals surface area contributed by atoms with Crippen molar-refractivity contribution in [2.45, 2.75) is 69.3 Å². The Bertz CT molecular complexity index is 356. The molecular formula is C14H24N2O3S. The second kappa shape index (κ2) is 7.20. The van der Waals surface area contributed by atoms with E-state index in [2.05, 4.69) is 5.32 Å². The van der Waals surface area contributed by atoms with Crippen LogP contribution in [0.3, 0.4) is 0 Å². The molecule has 0 aromatic rings. The molecule has 0 aromatic heterocycles. The molecule has 20 heavy (non-hydrogen) atoms. The third-order valence-corrected chi connectivity index (χ3v) is 5.39. The third-order valence-electron chi connectivity index (χ3n) is 4.18. The summed E-state index contributed by atoms with van der Waals surface area (Å²) in [6, 6.07) is -0.695. The number of hydrogen-bond acceptors (Lipinski definition) is 3. The monoisotopic (exact) mass is 300 g/mol. The lowest BCUT2D eigenvalue weighted by Crippen LogP contribution is -2.52. The number of thioether (sulfide) groups is 1. The normalized spacial score (nSPS) is 28.8. The van der Waals surface area contributed by atoms with E-state index in [9.17, 15) is 14.7 Å². The second-order valence-electron chi connectivity index (χ2n) is 5.69. The minimum Gasteiger partial charge on any atom is -0.480 e. The molecule has 2 fully saturated rings. The molecule has 0 radical (unpaired) electrons. The van der Waals surface area contributed by atoms with Crippen LogP contribution in [0, 0.1) is 0 Å². The van der Waals surface area contributed by atoms with Crippen LogP contribution in [-0.2, 0) is 4.79 Å². The van der Waals surface area contributed by atoms with Gasteiger partial charge in [0.1, 0.15) is 6.04 Å². The molecule has 1 aliphatic heterocycles. The van der Waals surface area contributed by atoms with Gasteiger partial charge < -0.3 is 10.4 Å². The first-order valence-electron chi connectivity index (χ1n) is 7.53. The number of nitrogens with zero attached hydrogens (tertiary/aromatic N) is 1. The fourth-order valence-electron chi connectivity index (χ4n) is 2.99. The largest absolute Gasteiger partial charge is 0.480 e. The van der Waals surface area contributed by atoms with Crippen LogP contribution in [0.4, 0.5) is 4.79 Å². The van der Waals surface area contributed by atoms with E-state index in [1.165, 1.54) is 35.9 Å². The van der Waals surface area contributed by atoms with Crippen molar-refractivity contribution in [2.75, 3.05) is 5.75 Å². The molecule has 1 saturated heterocycles. The predicted molar refractivity (Wildman–Crippen MR) is 79.8 cm³/mol. The molecule has 2 amide bonds. The van der Waals surface area contributed by atoms with Crippen molar-refractivity contribution >= 4 is 23.8 Å². The van der Waals surface area contributed by atoms with E-state index in [0.717, 1.165) is 25.7 Å². The van der Waals surface area contributed by atoms with Gasteiger partial charge in [-0.15, -0.1) is 11.8 Å². The molecule has 2 N–H and O–H groups in total. The van der Waals surface area contributed by atoms with Gasteiger partial charge in [0.25, 0.3) is 0 Å². The van der Waals surface area contributed by atoms with Gasteiger partial charge in [-0.3, -0.25) is 4.90 Å². The van der Waals surface area contributed by atoms with E-state index in [0.29, 0.717) is 5.75 Å². The van der Waals surface area contributed by atoms with Gasteiger partial charge in [-0.25, -0.2) is 9.59 Å². The van der Waals surface area contributed by atoms with Gasteiger partial charge in [-0.2, -0.15) is 0 Å². The maximum Gasteiger partial charge on any atom is 0.327 e. The Morgan fingerprint density at radius 1 is 1.15 bits per heavy atom. The number of carboxylic acids is 1. The van der Waals surface area contributed by atoms with E-state index in [1.807, 2.05) is 6.92 Å². The van der Waals surface area contributed by atoms with Crippen LogP contribution in [0.1, 0.15) is 51.9 Å². The van der Waals surface area contributed by atoms with Crippen LogP contribution >= 0.6 is 11.8 Å². The average Bonchev–Trinajstić information content (AvgIpc) is 2.74. The average molecular weight is 300 g/mol. The van der Waals surface area contributed by atoms with Crippen LogP contribution in [-0.4, -0.2) is 45.2 Å². The van der Waals surface area contributed by atoms with Crippen molar-refractivity contribution in [1.29, 1.82) is 0 Å². The number of hydrogen-bond donors (Lipinski definition) is 2. The highest BCUT2D eigenvalue weighted by Gasteiger charge is 2.39. The minimum absolute atomic E-state index is 0.0651. The molecule has 0 bridgehead atoms. The van der Waals surface area contributed by atoms with Gasteiger partial charge in [-0.1, -0.05) is 32.1 Å². The van der Waals surface area contributed by atoms with E-state index < -0.39 is 12.0 Å². The van der Waals surface area contributed by atoms with Gasteiger partial charge in [0.05, 0.1) is 5.37 Å². The lowest BCUT2D eigenvalue weighted by molar-refractivity contribution is -0.141. The van der Waals surface area contributed by atoms with Crippen LogP contribution < -0.4 is 5.32 Å². The molecule has 0 aromatic carbocycles. The summed E-state index contributed by atoms with van der Waals surface area (Å²) in [4.78, 5) is 25.1. The molecule has 2 rings (SSSR count). The number of amides is 2. The standard InChI is InChI=1S/C14H24N2O3S/c1-10-16(12(9-20-10)13(17)18)14(19)15-11-7-5-3-2-4-6-8-11/h10-12H,2-9H2,1H3,(H,15,19)(H,17,18). The first kappa shape index (κ1) is 15.5. The SMILES string of the molecule is CC1SCC(C(=O)O)N1C(=O)NC1CCCCCCC1. The molecule has 2 atom stereocenters. The fraction of sp³-hybridized carbons (Fsp3) is 0.857. The molecular weight excluding hydrogens is 276 g/mol. The maximum absolute atomic E-state index is 12.4. The summed E-state index contributed by atoms with van der Waals surface area (Å²) in [5, 5.41) is 12.2. The lowest BCUT2D eigenvalue weighted by atomic mass is 9.97. The van der Waals surface area contributed by atoms with Crippen LogP contribution in [0.25, 0.3) is 0 Å². The lowest BCUT2D eigenvalue weighted by Gasteiger charge is -2.29. The molecule has 114 valence electrons. The Morgan fingerprint density at radius 3 is 2.35 bits per heavy atom. The first-order chi connectivity index (χ1) is 9.59. The van der Waals surface area contributed by atoms with Crippen LogP contribution in [0.15, 0.2) is 0 Å². The summed E-state index contributed by atoms with van der Waals surface area (Å²) in [7, 11) is 0. The van der Waals surface area contributed by atoms with Crippen molar-refractivity contribution in [1.82, 2.24) is 10.2 Å². The molecule has 1 aliphatic carbocycles. The van der Waals surface area contributed by atoms with Crippen molar-refractivity contribution in [3.05, 3.63) is 0 Å². The number of carbonyl (C=O) groups excluding carboxylic acids is 1. The fourth-order valence-corrected chi connectivity index (χ4v) is 4.16. The summed E-state index contributed by atoms with van der Waals surface area (Å²) in [5.74, 6) is -0.427. The summed E-state index contributed by atoms with van der Waals surface area (Å²) in [6.45, 7) is 1.89. The number of rotatable bonds is 2. The summed E-state index contributed by atoms with van der Waals surface area (Å²) in [6.07, 6.45) is 8.09. The Morgan fingerprint density at radius 2 is 1.75 bits per heavy atom. The van der Waals surface area contributed by atoms with Crippen molar-refractivity contribution in [3.8, 4) is 0 Å². The zero-order valence-electron chi connectivity index (χ0n) is 12.0. The van der Waals surface area contributed by atoms with Crippen LogP contribution in [0.2, 0.25) is 0 Å². The minimum atomic E-state index is -0.908. The first-order valence-corrected chi connectivity index (χ1v) is 8.57. The van der Waals surface area contributed by atoms with Gasteiger partial charge >= 0.3 is 12.0 Å². The molecule has 0 spiro atoms. The van der Waals surface area contributed by atoms with E-state index in [1.54, 1.807) is 0 Å². The van der Waals surface area contributed by atoms with E-state index >= 15 is 0 Å². The number of carboxylic acid groups (broad SMARTS) is 1. The second-order valence-corrected chi connectivity index (χ2v) is 7.03. The summed E-state index contributed by atoms with van der Waals surface area (Å²) < 4.78 is 0. The maximum atomic E-state index is 12.4. The van der Waals surface area contributed by atoms with Crippen molar-refractivity contribution in [3.63, 3.8) is 0 Å². The highest BCUT2D eigenvalue weighted by Crippen LogP contribution is 2.29. The zero-order chi connectivity index (χ0) is 14.5. The Kier molecular flexibility index (Phi) is 5.57. The van der Waals surface area contributed by atoms with E-state index in [-0.39, 0.29) is 17.4 Å². The number of carbonyl (C=O) groups is 2. The Balaban J connectivity index is 1.93. The Hall–Kier alpha value is -0.910. The predicted octanol–water partition coefficient (Wildman–Crippen LogP) is 2.66. The smallest absolute Gasteiger partial charge is 0.327 e. The molecule has 1 saturated carbocycles. The van der Waals surface area contributed by atoms with Crippen molar-refractivity contribution in [2.24, 2.45) is 0 Å². The third kappa shape index (κ3) is 3.81. The number of nitrogens with one attached hydrogen (secondary N) is 1. The number of urea groups is 1. The molecule has 1 heterocycles. The van der Waals surface area contributed by atoms with Gasteiger partial charge in [-0.05, 0) is 19.8 Å². The zero-order valence-corrected chi connectivity index (χ0v) is 12.8. The number of aliphatic carboxylic acids is 1. The van der Waals surface area contributed by atoms with Gasteiger partial charge in [0.2, 0.25) is 0 Å². The van der Waals surface area contributed by atoms with Crippen molar-refractivity contribution < 1.29 is 14.7 Å². The molecule has 5 nitrogen and oxygen atoms in total. The summed E-state index contributed by atoms with van der Waals surface area (Å²) in [5.41, 5.74) is 0. The van der Waals surface area contributed by atoms with E-state index in [4.69, 9.17) is 0 Å². The van der Waals surface area contributed by atoms with Crippen LogP contribution in [0.5, 0.6) is 0 Å². The molecule has 2 aliphatic rings. The highest BCUT2D eigenvalue weighted by molar-refractivity contribution is 8.00. The topological polar surface area (TPSA) is 69.6 Å².